The number of Topliss-reactive ketones (excluding diaryl/α,β-unsaturated/α-hetero) is 1. The van der Waals surface area contributed by atoms with Gasteiger partial charge in [-0.25, -0.2) is 0 Å². The molecule has 0 saturated carbocycles. The molecule has 0 radical (unpaired) electrons. The number of hydrogen-bond acceptors (Lipinski definition) is 9. The Hall–Kier alpha value is -4.66. The lowest BCUT2D eigenvalue weighted by Crippen LogP contribution is -2.22. The summed E-state index contributed by atoms with van der Waals surface area (Å²) >= 11 is 0. The molecule has 38 heavy (non-hydrogen) atoms. The number of ketones is 1. The van der Waals surface area contributed by atoms with Crippen LogP contribution in [0.4, 0.5) is 0 Å². The van der Waals surface area contributed by atoms with Gasteiger partial charge in [-0.1, -0.05) is 6.07 Å². The number of hydrogen-bond donors (Lipinski definition) is 0. The molecule has 0 unspecified atom stereocenters. The molecule has 3 aromatic rings. The topological polar surface area (TPSA) is 98.8 Å². The van der Waals surface area contributed by atoms with Gasteiger partial charge in [0.05, 0.1) is 33.3 Å². The van der Waals surface area contributed by atoms with Crippen LogP contribution >= 0.6 is 0 Å². The maximum absolute atomic E-state index is 13.4. The Morgan fingerprint density at radius 2 is 1.53 bits per heavy atom. The van der Waals surface area contributed by atoms with Crippen LogP contribution in [0.2, 0.25) is 0 Å². The van der Waals surface area contributed by atoms with E-state index in [1.807, 2.05) is 18.2 Å². The summed E-state index contributed by atoms with van der Waals surface area (Å²) < 4.78 is 39.4. The van der Waals surface area contributed by atoms with Crippen molar-refractivity contribution in [2.24, 2.45) is 0 Å². The fourth-order valence-electron chi connectivity index (χ4n) is 5.00. The summed E-state index contributed by atoms with van der Waals surface area (Å²) in [6, 6.07) is 12.3. The molecule has 0 aromatic heterocycles. The Bertz CT molecular complexity index is 1480. The summed E-state index contributed by atoms with van der Waals surface area (Å²) in [5.74, 6) is 2.42. The summed E-state index contributed by atoms with van der Waals surface area (Å²) in [5.41, 5.74) is 2.49. The molecule has 3 aliphatic rings. The average molecular weight is 517 g/mol. The average Bonchev–Trinajstić information content (AvgIpc) is 3.26. The van der Waals surface area contributed by atoms with Crippen molar-refractivity contribution in [3.63, 3.8) is 0 Å². The molecule has 194 valence electrons. The van der Waals surface area contributed by atoms with E-state index in [0.29, 0.717) is 70.2 Å². The van der Waals surface area contributed by atoms with Gasteiger partial charge in [-0.15, -0.1) is 0 Å². The van der Waals surface area contributed by atoms with Crippen molar-refractivity contribution < 1.29 is 42.7 Å². The number of rotatable bonds is 5. The number of fused-ring (bicyclic) bond motifs is 4. The Morgan fingerprint density at radius 3 is 2.24 bits per heavy atom. The van der Waals surface area contributed by atoms with Gasteiger partial charge in [0.25, 0.3) is 0 Å². The Balaban J connectivity index is 1.42. The molecule has 1 atom stereocenters. The largest absolute Gasteiger partial charge is 0.493 e. The molecule has 3 aromatic carbocycles. The lowest BCUT2D eigenvalue weighted by atomic mass is 9.84. The van der Waals surface area contributed by atoms with Crippen LogP contribution < -0.4 is 33.2 Å². The van der Waals surface area contributed by atoms with Crippen LogP contribution in [-0.4, -0.2) is 46.3 Å². The zero-order chi connectivity index (χ0) is 26.4. The van der Waals surface area contributed by atoms with Crippen LogP contribution in [-0.2, 0) is 4.79 Å². The normalized spacial score (nSPS) is 18.3. The number of methoxy groups -OCH3 is 3. The van der Waals surface area contributed by atoms with Gasteiger partial charge in [-0.05, 0) is 53.6 Å². The summed E-state index contributed by atoms with van der Waals surface area (Å²) in [6.45, 7) is 0.928. The fraction of sp³-hybridized carbons (Fsp3) is 0.241. The van der Waals surface area contributed by atoms with Crippen LogP contribution in [0.5, 0.6) is 40.2 Å². The predicted molar refractivity (Wildman–Crippen MR) is 135 cm³/mol. The molecular formula is C29H24O9. The lowest BCUT2D eigenvalue weighted by molar-refractivity contribution is -0.135. The summed E-state index contributed by atoms with van der Waals surface area (Å²) in [4.78, 5) is 25.9. The van der Waals surface area contributed by atoms with Crippen LogP contribution in [0.25, 0.3) is 6.08 Å². The van der Waals surface area contributed by atoms with Gasteiger partial charge in [0.2, 0.25) is 11.5 Å². The Morgan fingerprint density at radius 1 is 0.816 bits per heavy atom. The number of esters is 1. The van der Waals surface area contributed by atoms with Gasteiger partial charge in [0, 0.05) is 11.5 Å². The molecule has 3 aliphatic heterocycles. The second-order valence-corrected chi connectivity index (χ2v) is 8.89. The van der Waals surface area contributed by atoms with E-state index in [9.17, 15) is 9.59 Å². The third kappa shape index (κ3) is 3.87. The minimum absolute atomic E-state index is 0.0899. The van der Waals surface area contributed by atoms with Crippen LogP contribution in [0, 0.1) is 0 Å². The molecule has 0 N–H and O–H groups in total. The smallest absolute Gasteiger partial charge is 0.312 e. The molecule has 6 rings (SSSR count). The SMILES string of the molecule is COc1cc(/C=C2\Oc3c(ccc4c3[C@@H](c3ccc5c(c3)OCCO5)CC(=O)O4)C2=O)cc(OC)c1OC. The molecular weight excluding hydrogens is 492 g/mol. The number of benzene rings is 3. The van der Waals surface area contributed by atoms with Crippen LogP contribution in [0.3, 0.4) is 0 Å². The highest BCUT2D eigenvalue weighted by atomic mass is 16.6. The van der Waals surface area contributed by atoms with E-state index in [0.717, 1.165) is 5.56 Å². The Labute approximate surface area is 218 Å². The van der Waals surface area contributed by atoms with Crippen LogP contribution in [0.1, 0.15) is 39.4 Å². The van der Waals surface area contributed by atoms with Crippen molar-refractivity contribution in [1.82, 2.24) is 0 Å². The quantitative estimate of drug-likeness (QED) is 0.275. The van der Waals surface area contributed by atoms with E-state index < -0.39 is 5.92 Å². The third-order valence-corrected chi connectivity index (χ3v) is 6.73. The highest BCUT2D eigenvalue weighted by Crippen LogP contribution is 2.50. The van der Waals surface area contributed by atoms with Crippen molar-refractivity contribution in [1.29, 1.82) is 0 Å². The second-order valence-electron chi connectivity index (χ2n) is 8.89. The molecule has 0 saturated heterocycles. The van der Waals surface area contributed by atoms with E-state index in [2.05, 4.69) is 0 Å². The molecule has 3 heterocycles. The van der Waals surface area contributed by atoms with E-state index in [-0.39, 0.29) is 23.9 Å². The van der Waals surface area contributed by atoms with Gasteiger partial charge < -0.3 is 33.2 Å². The first-order chi connectivity index (χ1) is 18.5. The van der Waals surface area contributed by atoms with Crippen molar-refractivity contribution in [2.45, 2.75) is 12.3 Å². The highest BCUT2D eigenvalue weighted by Gasteiger charge is 2.39. The molecule has 0 amide bonds. The first-order valence-electron chi connectivity index (χ1n) is 12.0. The highest BCUT2D eigenvalue weighted by molar-refractivity contribution is 6.15. The number of carbonyl (C=O) groups excluding carboxylic acids is 2. The Kier molecular flexibility index (Phi) is 5.83. The van der Waals surface area contributed by atoms with E-state index in [1.54, 1.807) is 30.3 Å². The van der Waals surface area contributed by atoms with Gasteiger partial charge in [-0.3, -0.25) is 9.59 Å². The standard InChI is InChI=1S/C29H24O9/c1-32-23-11-15(12-24(33-2)29(23)34-3)10-22-27(31)17-5-7-20-26(28(17)38-22)18(14-25(30)37-20)16-4-6-19-21(13-16)36-9-8-35-19/h4-7,10-13,18H,8-9,14H2,1-3H3/b22-10-/t18-/m1/s1. The van der Waals surface area contributed by atoms with Crippen molar-refractivity contribution in [2.75, 3.05) is 34.5 Å². The number of ether oxygens (including phenoxy) is 7. The van der Waals surface area contributed by atoms with E-state index in [1.165, 1.54) is 21.3 Å². The van der Waals surface area contributed by atoms with Crippen molar-refractivity contribution in [3.8, 4) is 40.2 Å². The molecule has 0 fully saturated rings. The van der Waals surface area contributed by atoms with Crippen molar-refractivity contribution in [3.05, 3.63) is 70.5 Å². The third-order valence-electron chi connectivity index (χ3n) is 6.73. The van der Waals surface area contributed by atoms with Crippen molar-refractivity contribution >= 4 is 17.8 Å². The monoisotopic (exact) mass is 516 g/mol. The lowest BCUT2D eigenvalue weighted by Gasteiger charge is -2.27. The van der Waals surface area contributed by atoms with Gasteiger partial charge in [-0.2, -0.15) is 0 Å². The first kappa shape index (κ1) is 23.7. The predicted octanol–water partition coefficient (Wildman–Crippen LogP) is 4.54. The molecule has 9 nitrogen and oxygen atoms in total. The first-order valence-corrected chi connectivity index (χ1v) is 12.0. The minimum atomic E-state index is -0.398. The van der Waals surface area contributed by atoms with E-state index >= 15 is 0 Å². The van der Waals surface area contributed by atoms with Crippen LogP contribution in [0.15, 0.2) is 48.2 Å². The van der Waals surface area contributed by atoms with Gasteiger partial charge in [0.1, 0.15) is 24.7 Å². The maximum atomic E-state index is 13.4. The zero-order valence-corrected chi connectivity index (χ0v) is 21.0. The maximum Gasteiger partial charge on any atom is 0.312 e. The number of carbonyl (C=O) groups is 2. The van der Waals surface area contributed by atoms with E-state index in [4.69, 9.17) is 33.2 Å². The van der Waals surface area contributed by atoms with Gasteiger partial charge in [0.15, 0.2) is 28.8 Å². The zero-order valence-electron chi connectivity index (χ0n) is 21.0. The summed E-state index contributed by atoms with van der Waals surface area (Å²) in [6.07, 6.45) is 1.71. The fourth-order valence-corrected chi connectivity index (χ4v) is 5.00. The molecule has 0 spiro atoms. The number of allylic oxidation sites excluding steroid dienone is 1. The molecule has 0 aliphatic carbocycles. The molecule has 9 heteroatoms. The second kappa shape index (κ2) is 9.33. The summed E-state index contributed by atoms with van der Waals surface area (Å²) in [5, 5.41) is 0. The van der Waals surface area contributed by atoms with Gasteiger partial charge >= 0.3 is 5.97 Å². The molecule has 0 bridgehead atoms. The minimum Gasteiger partial charge on any atom is -0.493 e. The summed E-state index contributed by atoms with van der Waals surface area (Å²) in [7, 11) is 4.56.